The summed E-state index contributed by atoms with van der Waals surface area (Å²) in [4.78, 5) is 93.9. The summed E-state index contributed by atoms with van der Waals surface area (Å²) in [7, 11) is 0. The maximum Gasteiger partial charge on any atom is 0.251 e. The summed E-state index contributed by atoms with van der Waals surface area (Å²) in [5.41, 5.74) is 23.2. The van der Waals surface area contributed by atoms with Gasteiger partial charge in [0.15, 0.2) is 0 Å². The van der Waals surface area contributed by atoms with Gasteiger partial charge >= 0.3 is 0 Å². The maximum absolute atomic E-state index is 13.9. The molecule has 5 aromatic carbocycles. The Morgan fingerprint density at radius 1 is 0.391 bits per heavy atom. The van der Waals surface area contributed by atoms with Gasteiger partial charge in [-0.25, -0.2) is 19.9 Å². The topological polar surface area (TPSA) is 238 Å². The van der Waals surface area contributed by atoms with Crippen LogP contribution in [0.5, 0.6) is 0 Å². The van der Waals surface area contributed by atoms with Crippen molar-refractivity contribution in [2.24, 2.45) is 47.3 Å². The van der Waals surface area contributed by atoms with E-state index in [-0.39, 0.29) is 23.6 Å². The van der Waals surface area contributed by atoms with Gasteiger partial charge in [-0.15, -0.1) is 0 Å². The van der Waals surface area contributed by atoms with Crippen molar-refractivity contribution in [3.05, 3.63) is 293 Å². The Labute approximate surface area is 665 Å². The Kier molecular flexibility index (Phi) is 18.9. The first-order valence-corrected chi connectivity index (χ1v) is 39.9. The second-order valence-electron chi connectivity index (χ2n) is 31.8. The van der Waals surface area contributed by atoms with E-state index in [2.05, 4.69) is 149 Å². The van der Waals surface area contributed by atoms with Crippen LogP contribution in [0.1, 0.15) is 105 Å². The number of allylic oxidation sites excluding steroid dienone is 3. The van der Waals surface area contributed by atoms with Crippen molar-refractivity contribution in [1.29, 1.82) is 0 Å². The zero-order valence-corrected chi connectivity index (χ0v) is 64.0. The number of aromatic amines is 4. The summed E-state index contributed by atoms with van der Waals surface area (Å²) in [6.45, 7) is 9.58. The minimum Gasteiger partial charge on any atom is -0.371 e. The number of anilines is 4. The fourth-order valence-corrected chi connectivity index (χ4v) is 18.2. The number of benzene rings is 5. The van der Waals surface area contributed by atoms with Gasteiger partial charge < -0.3 is 51.0 Å². The van der Waals surface area contributed by atoms with Gasteiger partial charge in [-0.05, 0) is 297 Å². The quantitative estimate of drug-likeness (QED) is 0.0426. The Hall–Kier alpha value is -13.7. The monoisotopic (exact) mass is 1510 g/mol. The normalized spacial score (nSPS) is 20.3. The number of aromatic nitrogens is 8. The molecule has 8 aliphatic rings. The molecule has 2 saturated heterocycles. The number of H-pyrrole nitrogens is 4. The van der Waals surface area contributed by atoms with Crippen LogP contribution in [0.4, 0.5) is 22.7 Å². The van der Waals surface area contributed by atoms with Gasteiger partial charge in [-0.1, -0.05) is 85.8 Å². The van der Waals surface area contributed by atoms with Gasteiger partial charge in [-0.3, -0.25) is 19.2 Å². The third kappa shape index (κ3) is 15.2. The van der Waals surface area contributed by atoms with Gasteiger partial charge in [0.05, 0.1) is 45.6 Å². The van der Waals surface area contributed by atoms with E-state index in [1.165, 1.54) is 12.0 Å². The molecule has 2 aliphatic carbocycles. The summed E-state index contributed by atoms with van der Waals surface area (Å²) >= 11 is 0. The molecular formula is C97H86N14O4. The van der Waals surface area contributed by atoms with Gasteiger partial charge in [0, 0.05) is 115 Å². The van der Waals surface area contributed by atoms with Gasteiger partial charge in [0.2, 0.25) is 11.8 Å². The lowest BCUT2D eigenvalue weighted by molar-refractivity contribution is -0.118. The van der Waals surface area contributed by atoms with Crippen molar-refractivity contribution in [2.45, 2.75) is 45.7 Å². The lowest BCUT2D eigenvalue weighted by Gasteiger charge is -2.23. The summed E-state index contributed by atoms with van der Waals surface area (Å²) < 4.78 is 0. The van der Waals surface area contributed by atoms with Crippen LogP contribution in [-0.2, 0) is 9.59 Å². The summed E-state index contributed by atoms with van der Waals surface area (Å²) in [6, 6.07) is 68.5. The summed E-state index contributed by atoms with van der Waals surface area (Å²) in [5, 5.41) is 11.9. The number of hydrogen-bond donors (Lipinski definition) is 8. The lowest BCUT2D eigenvalue weighted by Crippen LogP contribution is -2.41. The molecule has 0 spiro atoms. The molecule has 19 rings (SSSR count). The second-order valence-corrected chi connectivity index (χ2v) is 31.8. The van der Waals surface area contributed by atoms with E-state index in [4.69, 9.17) is 19.9 Å². The minimum atomic E-state index is -0.818. The van der Waals surface area contributed by atoms with Crippen molar-refractivity contribution in [1.82, 2.24) is 50.5 Å². The number of nitrogens with zero attached hydrogens (tertiary/aromatic N) is 6. The van der Waals surface area contributed by atoms with Gasteiger partial charge in [0.25, 0.3) is 11.8 Å². The van der Waals surface area contributed by atoms with E-state index in [1.807, 2.05) is 194 Å². The van der Waals surface area contributed by atoms with Crippen molar-refractivity contribution >= 4 is 145 Å². The van der Waals surface area contributed by atoms with Crippen LogP contribution < -0.4 is 31.1 Å². The van der Waals surface area contributed by atoms with Crippen LogP contribution in [0.15, 0.2) is 231 Å². The Balaban J connectivity index is 0.473. The molecule has 568 valence electrons. The highest BCUT2D eigenvalue weighted by molar-refractivity contribution is 6.03. The van der Waals surface area contributed by atoms with Crippen molar-refractivity contribution < 1.29 is 19.2 Å². The largest absolute Gasteiger partial charge is 0.371 e. The van der Waals surface area contributed by atoms with E-state index >= 15 is 0 Å². The molecule has 115 heavy (non-hydrogen) atoms. The third-order valence-electron chi connectivity index (χ3n) is 24.1. The lowest BCUT2D eigenvalue weighted by atomic mass is 9.87. The number of fused-ring (bicyclic) bond motifs is 18. The zero-order valence-electron chi connectivity index (χ0n) is 64.0. The number of amides is 4. The molecule has 8 N–H and O–H groups in total. The van der Waals surface area contributed by atoms with E-state index in [0.717, 1.165) is 156 Å². The van der Waals surface area contributed by atoms with Crippen molar-refractivity contribution in [2.75, 3.05) is 46.6 Å². The summed E-state index contributed by atoms with van der Waals surface area (Å²) in [6.07, 6.45) is 28.3. The number of rotatable bonds is 16. The van der Waals surface area contributed by atoms with Crippen LogP contribution >= 0.6 is 0 Å². The Morgan fingerprint density at radius 3 is 1.19 bits per heavy atom. The van der Waals surface area contributed by atoms with Crippen molar-refractivity contribution in [3.63, 3.8) is 0 Å². The Bertz CT molecular complexity index is 6220. The predicted octanol–water partition coefficient (Wildman–Crippen LogP) is 18.8. The smallest absolute Gasteiger partial charge is 0.251 e. The van der Waals surface area contributed by atoms with Crippen LogP contribution in [0.3, 0.4) is 0 Å². The highest BCUT2D eigenvalue weighted by Crippen LogP contribution is 2.51. The standard InChI is InChI=1S/C97H86N14O4/c1-57-45-65(85-54-110(53-84(57)85)82-37-17-63(18-38-82)96(114)98-58(2)94(112)108-68-21-13-61(14-22-68)92-88-41-33-78(104-88)49-74-29-25-70(100-74)47-71-26-30-75(101-71)50-79-34-42-89(92)105-79)11-12-67-46-66(10-9-60-7-5-4-6-8-60)86-55-111(56-87(67)86)83-39-19-64(20-40-83)97(115)99-59(3)95(113)109-69-23-15-62(16-24-69)93-90-43-35-80(106-90)51-76-31-27-72(102-76)48-73-28-32-77(103-73)52-81-36-44-91(93)107-81/h4-44,47-52,57-59,65-67,84-87,100,102,105,107H,45-46,53-56H2,1-3H3,(H,98,114)(H,99,115)(H,108,112)(H,109,113)/b10-9+,12-11?,70-47?,71-47?,72-48?,73-48?,74-49?,75-50?,76-51?,77-52?,78-49?,79-50?,80-51?,81-52?,92-88?,92-89?,93-90?,93-91?/t57-,58+,59+,65+,66+,67-,84+,85-,86-,87+/m1/s1. The highest BCUT2D eigenvalue weighted by atomic mass is 16.2. The average Bonchev–Trinajstić information content (AvgIpc) is 1.63. The molecule has 11 aromatic rings. The van der Waals surface area contributed by atoms with Crippen LogP contribution in [0.2, 0.25) is 0 Å². The fraction of sp³-hybridized carbons (Fsp3) is 0.196. The average molecular weight is 1510 g/mol. The minimum absolute atomic E-state index is 0.315. The van der Waals surface area contributed by atoms with Crippen molar-refractivity contribution in [3.8, 4) is 22.3 Å². The Morgan fingerprint density at radius 2 is 0.757 bits per heavy atom. The molecule has 6 aromatic heterocycles. The summed E-state index contributed by atoms with van der Waals surface area (Å²) in [5.74, 6) is 2.52. The first kappa shape index (κ1) is 71.6. The number of nitrogens with one attached hydrogen (secondary N) is 8. The van der Waals surface area contributed by atoms with Crippen LogP contribution in [0.25, 0.3) is 121 Å². The second kappa shape index (κ2) is 30.4. The van der Waals surface area contributed by atoms with Crippen LogP contribution in [0, 0.1) is 47.3 Å². The first-order valence-electron chi connectivity index (χ1n) is 39.9. The maximum atomic E-state index is 13.9. The van der Waals surface area contributed by atoms with Gasteiger partial charge in [0.1, 0.15) is 12.1 Å². The molecule has 10 atom stereocenters. The molecule has 0 unspecified atom stereocenters. The molecule has 16 bridgehead atoms. The molecule has 0 radical (unpaired) electrons. The number of carbonyl (C=O) groups is 4. The van der Waals surface area contributed by atoms with E-state index in [0.29, 0.717) is 69.8 Å². The van der Waals surface area contributed by atoms with Gasteiger partial charge in [-0.2, -0.15) is 0 Å². The predicted molar refractivity (Wildman–Crippen MR) is 464 cm³/mol. The number of hydrogen-bond acceptors (Lipinski definition) is 10. The molecule has 12 heterocycles. The molecule has 18 heteroatoms. The first-order chi connectivity index (χ1) is 56.2. The third-order valence-corrected chi connectivity index (χ3v) is 24.1. The van der Waals surface area contributed by atoms with Crippen LogP contribution in [-0.4, -0.2) is 102 Å². The highest BCUT2D eigenvalue weighted by Gasteiger charge is 2.49. The molecular weight excluding hydrogens is 1430 g/mol. The molecule has 2 saturated carbocycles. The van der Waals surface area contributed by atoms with E-state index in [9.17, 15) is 19.2 Å². The molecule has 18 nitrogen and oxygen atoms in total. The molecule has 4 fully saturated rings. The SMILES string of the molecule is C[C@H](NC(=O)c1ccc(N2C[C@@H]3[C@H](C2)[C@@H](C=C[C@@H]2C[C@H](/C=C/c4ccccc4)[C@H]4CN(c5ccc(C(=O)N[C@@H](C)C(=O)Nc6ccc(-c7c8nc(cc9ccc(cc%10nc(cc%11ccc7[nH]%11)C=C%10)[nH]9)C=C8)cc6)cc5)C[C@H]42)C[C@H]3C)cc1)C(=O)Nc1ccc(-c2c3nc(cc4ccc(cc5nc(cc6ccc2[nH]6)C=C5)[nH]4)C=C3)cc1. The van der Waals surface area contributed by atoms with E-state index in [1.54, 1.807) is 13.8 Å². The number of carbonyl (C=O) groups excluding carboxylic acids is 4. The zero-order chi connectivity index (χ0) is 77.8. The van der Waals surface area contributed by atoms with E-state index < -0.39 is 12.1 Å². The fourth-order valence-electron chi connectivity index (χ4n) is 18.2. The molecule has 4 amide bonds. The molecule has 6 aliphatic heterocycles.